The smallest absolute Gasteiger partial charge is 0.265 e. The summed E-state index contributed by atoms with van der Waals surface area (Å²) in [4.78, 5) is 19.5. The van der Waals surface area contributed by atoms with Gasteiger partial charge in [-0.1, -0.05) is 0 Å². The molecule has 3 rings (SSSR count). The van der Waals surface area contributed by atoms with Gasteiger partial charge < -0.3 is 9.72 Å². The zero-order chi connectivity index (χ0) is 14.3. The van der Waals surface area contributed by atoms with Crippen LogP contribution in [0.1, 0.15) is 30.0 Å². The summed E-state index contributed by atoms with van der Waals surface area (Å²) in [6.07, 6.45) is 2.21. The van der Waals surface area contributed by atoms with E-state index in [1.165, 1.54) is 0 Å². The van der Waals surface area contributed by atoms with Crippen molar-refractivity contribution >= 4 is 15.9 Å². The molecule has 0 aliphatic heterocycles. The molecule has 1 saturated carbocycles. The highest BCUT2D eigenvalue weighted by Gasteiger charge is 2.29. The Morgan fingerprint density at radius 3 is 2.75 bits per heavy atom. The second-order valence-electron chi connectivity index (χ2n) is 5.07. The van der Waals surface area contributed by atoms with Crippen molar-refractivity contribution in [1.82, 2.24) is 9.97 Å². The van der Waals surface area contributed by atoms with Crippen LogP contribution in [0.15, 0.2) is 27.5 Å². The van der Waals surface area contributed by atoms with Crippen molar-refractivity contribution in [2.45, 2.75) is 25.7 Å². The van der Waals surface area contributed by atoms with Crippen LogP contribution < -0.4 is 10.3 Å². The molecule has 1 fully saturated rings. The molecule has 1 aromatic heterocycles. The molecule has 0 unspecified atom stereocenters. The number of benzene rings is 1. The molecular weight excluding hydrogens is 320 g/mol. The van der Waals surface area contributed by atoms with Crippen LogP contribution in [0.25, 0.3) is 11.4 Å². The fourth-order valence-electron chi connectivity index (χ4n) is 2.27. The van der Waals surface area contributed by atoms with Crippen LogP contribution in [0, 0.1) is 6.92 Å². The molecule has 1 aliphatic carbocycles. The van der Waals surface area contributed by atoms with Gasteiger partial charge in [0.05, 0.1) is 12.8 Å². The van der Waals surface area contributed by atoms with Crippen LogP contribution >= 0.6 is 15.9 Å². The predicted molar refractivity (Wildman–Crippen MR) is 81.3 cm³/mol. The number of rotatable bonds is 3. The normalized spacial score (nSPS) is 14.3. The highest BCUT2D eigenvalue weighted by Crippen LogP contribution is 2.41. The van der Waals surface area contributed by atoms with Gasteiger partial charge in [-0.3, -0.25) is 4.79 Å². The van der Waals surface area contributed by atoms with Crippen molar-refractivity contribution in [2.24, 2.45) is 0 Å². The Labute approximate surface area is 125 Å². The van der Waals surface area contributed by atoms with Crippen molar-refractivity contribution in [3.05, 3.63) is 44.3 Å². The molecule has 1 heterocycles. The van der Waals surface area contributed by atoms with Crippen molar-refractivity contribution in [3.63, 3.8) is 0 Å². The fourth-order valence-corrected chi connectivity index (χ4v) is 2.78. The SMILES string of the molecule is COc1ccc(-c2nc(C3CC3)c(Br)c(=O)[nH]2)cc1C. The van der Waals surface area contributed by atoms with E-state index in [-0.39, 0.29) is 5.56 Å². The van der Waals surface area contributed by atoms with E-state index in [9.17, 15) is 4.79 Å². The lowest BCUT2D eigenvalue weighted by Gasteiger charge is -2.09. The zero-order valence-electron chi connectivity index (χ0n) is 11.4. The summed E-state index contributed by atoms with van der Waals surface area (Å²) >= 11 is 3.34. The Kier molecular flexibility index (Phi) is 3.38. The lowest BCUT2D eigenvalue weighted by atomic mass is 10.1. The molecule has 5 heteroatoms. The number of nitrogens with one attached hydrogen (secondary N) is 1. The summed E-state index contributed by atoms with van der Waals surface area (Å²) in [7, 11) is 1.65. The molecule has 0 saturated heterocycles. The molecule has 20 heavy (non-hydrogen) atoms. The van der Waals surface area contributed by atoms with Gasteiger partial charge in [-0.05, 0) is 59.5 Å². The Morgan fingerprint density at radius 1 is 1.40 bits per heavy atom. The molecule has 104 valence electrons. The highest BCUT2D eigenvalue weighted by molar-refractivity contribution is 9.10. The van der Waals surface area contributed by atoms with Gasteiger partial charge in [-0.2, -0.15) is 0 Å². The first-order valence-electron chi connectivity index (χ1n) is 6.55. The Morgan fingerprint density at radius 2 is 2.15 bits per heavy atom. The topological polar surface area (TPSA) is 55.0 Å². The van der Waals surface area contributed by atoms with Gasteiger partial charge in [0, 0.05) is 11.5 Å². The number of hydrogen-bond acceptors (Lipinski definition) is 3. The number of hydrogen-bond donors (Lipinski definition) is 1. The van der Waals surface area contributed by atoms with E-state index in [1.807, 2.05) is 25.1 Å². The average Bonchev–Trinajstić information content (AvgIpc) is 3.26. The quantitative estimate of drug-likeness (QED) is 0.935. The monoisotopic (exact) mass is 334 g/mol. The molecule has 1 aliphatic rings. The first-order chi connectivity index (χ1) is 9.60. The molecule has 1 N–H and O–H groups in total. The summed E-state index contributed by atoms with van der Waals surface area (Å²) in [6.45, 7) is 1.97. The van der Waals surface area contributed by atoms with Crippen LogP contribution in [-0.4, -0.2) is 17.1 Å². The minimum absolute atomic E-state index is 0.120. The minimum atomic E-state index is -0.120. The van der Waals surface area contributed by atoms with Gasteiger partial charge in [-0.15, -0.1) is 0 Å². The van der Waals surface area contributed by atoms with E-state index in [2.05, 4.69) is 25.9 Å². The summed E-state index contributed by atoms with van der Waals surface area (Å²) in [5, 5.41) is 0. The lowest BCUT2D eigenvalue weighted by Crippen LogP contribution is -2.13. The molecular formula is C15H15BrN2O2. The first kappa shape index (κ1) is 13.4. The number of halogens is 1. The Bertz CT molecular complexity index is 720. The molecule has 1 aromatic carbocycles. The second kappa shape index (κ2) is 5.05. The molecule has 0 spiro atoms. The van der Waals surface area contributed by atoms with Crippen molar-refractivity contribution in [1.29, 1.82) is 0 Å². The Hall–Kier alpha value is -1.62. The maximum atomic E-state index is 12.0. The molecule has 0 amide bonds. The predicted octanol–water partition coefficient (Wildman–Crippen LogP) is 3.39. The van der Waals surface area contributed by atoms with Crippen LogP contribution in [-0.2, 0) is 0 Å². The fraction of sp³-hybridized carbons (Fsp3) is 0.333. The number of aromatic amines is 1. The van der Waals surface area contributed by atoms with E-state index < -0.39 is 0 Å². The van der Waals surface area contributed by atoms with E-state index in [4.69, 9.17) is 4.74 Å². The summed E-state index contributed by atoms with van der Waals surface area (Å²) in [5.74, 6) is 1.87. The molecule has 4 nitrogen and oxygen atoms in total. The van der Waals surface area contributed by atoms with E-state index >= 15 is 0 Å². The molecule has 0 atom stereocenters. The number of H-pyrrole nitrogens is 1. The maximum Gasteiger partial charge on any atom is 0.265 e. The lowest BCUT2D eigenvalue weighted by molar-refractivity contribution is 0.412. The van der Waals surface area contributed by atoms with Crippen molar-refractivity contribution in [2.75, 3.05) is 7.11 Å². The van der Waals surface area contributed by atoms with E-state index in [0.717, 1.165) is 35.4 Å². The van der Waals surface area contributed by atoms with Gasteiger partial charge in [-0.25, -0.2) is 4.98 Å². The first-order valence-corrected chi connectivity index (χ1v) is 7.34. The zero-order valence-corrected chi connectivity index (χ0v) is 13.0. The number of aromatic nitrogens is 2. The van der Waals surface area contributed by atoms with Gasteiger partial charge in [0.1, 0.15) is 16.0 Å². The Balaban J connectivity index is 2.10. The second-order valence-corrected chi connectivity index (χ2v) is 5.87. The van der Waals surface area contributed by atoms with E-state index in [0.29, 0.717) is 16.2 Å². The third-order valence-corrected chi connectivity index (χ3v) is 4.29. The van der Waals surface area contributed by atoms with Crippen LogP contribution in [0.3, 0.4) is 0 Å². The number of aryl methyl sites for hydroxylation is 1. The average molecular weight is 335 g/mol. The van der Waals surface area contributed by atoms with Gasteiger partial charge in [0.2, 0.25) is 0 Å². The van der Waals surface area contributed by atoms with Crippen LogP contribution in [0.2, 0.25) is 0 Å². The standard InChI is InChI=1S/C15H15BrN2O2/c1-8-7-10(5-6-11(8)20-2)14-17-13(9-3-4-9)12(16)15(19)18-14/h5-7,9H,3-4H2,1-2H3,(H,17,18,19). The summed E-state index contributed by atoms with van der Waals surface area (Å²) < 4.78 is 5.81. The molecule has 0 radical (unpaired) electrons. The highest BCUT2D eigenvalue weighted by atomic mass is 79.9. The van der Waals surface area contributed by atoms with Crippen molar-refractivity contribution < 1.29 is 4.74 Å². The number of nitrogens with zero attached hydrogens (tertiary/aromatic N) is 1. The van der Waals surface area contributed by atoms with Crippen LogP contribution in [0.4, 0.5) is 0 Å². The third-order valence-electron chi connectivity index (χ3n) is 3.52. The molecule has 0 bridgehead atoms. The minimum Gasteiger partial charge on any atom is -0.496 e. The van der Waals surface area contributed by atoms with E-state index in [1.54, 1.807) is 7.11 Å². The maximum absolute atomic E-state index is 12.0. The van der Waals surface area contributed by atoms with Gasteiger partial charge in [0.15, 0.2) is 0 Å². The third kappa shape index (κ3) is 2.38. The number of ether oxygens (including phenoxy) is 1. The van der Waals surface area contributed by atoms with Crippen molar-refractivity contribution in [3.8, 4) is 17.1 Å². The van der Waals surface area contributed by atoms with Gasteiger partial charge in [0.25, 0.3) is 5.56 Å². The van der Waals surface area contributed by atoms with Gasteiger partial charge >= 0.3 is 0 Å². The molecule has 2 aromatic rings. The number of methoxy groups -OCH3 is 1. The van der Waals surface area contributed by atoms with Crippen LogP contribution in [0.5, 0.6) is 5.75 Å². The largest absolute Gasteiger partial charge is 0.496 e. The summed E-state index contributed by atoms with van der Waals surface area (Å²) in [5.41, 5.74) is 2.67. The summed E-state index contributed by atoms with van der Waals surface area (Å²) in [6, 6.07) is 5.78.